The molecule has 0 rings (SSSR count). The molecule has 0 N–H and O–H groups in total. The van der Waals surface area contributed by atoms with Crippen molar-refractivity contribution in [3.05, 3.63) is 122 Å². The molecule has 9 heteroatoms. The maximum Gasteiger partial charge on any atom is 0.306 e. The van der Waals surface area contributed by atoms with E-state index >= 15 is 0 Å². The van der Waals surface area contributed by atoms with E-state index in [2.05, 4.69) is 129 Å². The lowest BCUT2D eigenvalue weighted by atomic mass is 10.1. The average molecular weight is 932 g/mol. The second-order valence-electron chi connectivity index (χ2n) is 17.7. The number of allylic oxidation sites excluding steroid dienone is 20. The number of ether oxygens (including phenoxy) is 4. The Morgan fingerprint density at radius 3 is 1.33 bits per heavy atom. The van der Waals surface area contributed by atoms with Crippen LogP contribution < -0.4 is 5.11 Å². The Hall–Kier alpha value is -4.31. The van der Waals surface area contributed by atoms with Gasteiger partial charge in [-0.05, 0) is 103 Å². The molecular formula is C58H93NO8. The Kier molecular flexibility index (Phi) is 45.1. The number of carbonyl (C=O) groups is 3. The van der Waals surface area contributed by atoms with Crippen molar-refractivity contribution >= 4 is 17.9 Å². The van der Waals surface area contributed by atoms with E-state index < -0.39 is 24.3 Å². The van der Waals surface area contributed by atoms with Crippen LogP contribution in [-0.2, 0) is 33.3 Å². The lowest BCUT2D eigenvalue weighted by Crippen LogP contribution is -2.44. The number of carboxylic acid groups (broad SMARTS) is 1. The normalized spacial score (nSPS) is 13.9. The highest BCUT2D eigenvalue weighted by Gasteiger charge is 2.21. The Morgan fingerprint density at radius 2 is 0.866 bits per heavy atom. The zero-order valence-corrected chi connectivity index (χ0v) is 42.7. The molecule has 0 saturated carbocycles. The van der Waals surface area contributed by atoms with Gasteiger partial charge in [-0.1, -0.05) is 174 Å². The fourth-order valence-electron chi connectivity index (χ4n) is 6.23. The number of nitrogens with zero attached hydrogens (tertiary/aromatic N) is 1. The van der Waals surface area contributed by atoms with Crippen LogP contribution in [0.4, 0.5) is 0 Å². The first-order valence-electron chi connectivity index (χ1n) is 25.7. The Bertz CT molecular complexity index is 1510. The first-order valence-corrected chi connectivity index (χ1v) is 25.7. The van der Waals surface area contributed by atoms with Gasteiger partial charge in [-0.3, -0.25) is 9.59 Å². The fraction of sp³-hybridized carbons (Fsp3) is 0.603. The summed E-state index contributed by atoms with van der Waals surface area (Å²) in [5.74, 6) is -2.40. The molecule has 0 aliphatic rings. The molecule has 2 unspecified atom stereocenters. The third-order valence-corrected chi connectivity index (χ3v) is 10.2. The first-order chi connectivity index (χ1) is 32.6. The summed E-state index contributed by atoms with van der Waals surface area (Å²) >= 11 is 0. The van der Waals surface area contributed by atoms with E-state index in [-0.39, 0.29) is 38.6 Å². The largest absolute Gasteiger partial charge is 0.545 e. The number of carboxylic acids is 1. The predicted octanol–water partition coefficient (Wildman–Crippen LogP) is 13.2. The highest BCUT2D eigenvalue weighted by molar-refractivity contribution is 5.70. The molecule has 0 spiro atoms. The molecule has 0 saturated heterocycles. The molecule has 67 heavy (non-hydrogen) atoms. The SMILES string of the molecule is CC/C=C\C/C=C\C/C=C\C/C=C\C/C=C\C/C=C\C/C=C\C/C=C\C/C=C\CCCC(=O)OC(COC(=O)CCCCCCC/C=C\CCCCCC)COC(OCC[N+](C)(C)C)C(=O)[O-]. The van der Waals surface area contributed by atoms with Crippen molar-refractivity contribution in [3.8, 4) is 0 Å². The van der Waals surface area contributed by atoms with E-state index in [9.17, 15) is 19.5 Å². The minimum Gasteiger partial charge on any atom is -0.545 e. The first kappa shape index (κ1) is 62.7. The summed E-state index contributed by atoms with van der Waals surface area (Å²) in [4.78, 5) is 37.1. The van der Waals surface area contributed by atoms with Gasteiger partial charge < -0.3 is 33.3 Å². The van der Waals surface area contributed by atoms with Crippen molar-refractivity contribution < 1.29 is 42.9 Å². The van der Waals surface area contributed by atoms with Gasteiger partial charge in [-0.15, -0.1) is 0 Å². The van der Waals surface area contributed by atoms with E-state index in [4.69, 9.17) is 18.9 Å². The van der Waals surface area contributed by atoms with Gasteiger partial charge in [0.2, 0.25) is 0 Å². The van der Waals surface area contributed by atoms with Crippen molar-refractivity contribution in [3.63, 3.8) is 0 Å². The zero-order chi connectivity index (χ0) is 49.2. The van der Waals surface area contributed by atoms with E-state index in [1.54, 1.807) is 0 Å². The molecule has 2 atom stereocenters. The van der Waals surface area contributed by atoms with Crippen LogP contribution in [0.3, 0.4) is 0 Å². The molecular weight excluding hydrogens is 839 g/mol. The molecule has 0 heterocycles. The number of rotatable bonds is 45. The molecule has 0 radical (unpaired) electrons. The summed E-state index contributed by atoms with van der Waals surface area (Å²) in [6, 6.07) is 0. The summed E-state index contributed by atoms with van der Waals surface area (Å²) < 4.78 is 22.5. The van der Waals surface area contributed by atoms with Gasteiger partial charge in [-0.25, -0.2) is 0 Å². The van der Waals surface area contributed by atoms with Gasteiger partial charge in [-0.2, -0.15) is 0 Å². The zero-order valence-electron chi connectivity index (χ0n) is 42.7. The van der Waals surface area contributed by atoms with Crippen LogP contribution in [0.15, 0.2) is 122 Å². The third-order valence-electron chi connectivity index (χ3n) is 10.2. The molecule has 9 nitrogen and oxygen atoms in total. The Balaban J connectivity index is 4.46. The third kappa shape index (κ3) is 49.4. The number of hydrogen-bond acceptors (Lipinski definition) is 8. The summed E-state index contributed by atoms with van der Waals surface area (Å²) in [7, 11) is 5.88. The average Bonchev–Trinajstić information content (AvgIpc) is 3.29. The molecule has 0 aromatic carbocycles. The topological polar surface area (TPSA) is 111 Å². The van der Waals surface area contributed by atoms with Crippen molar-refractivity contribution in [1.82, 2.24) is 0 Å². The highest BCUT2D eigenvalue weighted by atomic mass is 16.7. The van der Waals surface area contributed by atoms with Gasteiger partial charge in [0.15, 0.2) is 12.4 Å². The maximum absolute atomic E-state index is 12.8. The van der Waals surface area contributed by atoms with E-state index in [1.165, 1.54) is 32.1 Å². The molecule has 0 bridgehead atoms. The molecule has 0 aromatic rings. The monoisotopic (exact) mass is 932 g/mol. The van der Waals surface area contributed by atoms with E-state index in [0.29, 0.717) is 30.3 Å². The molecule has 0 aliphatic heterocycles. The fourth-order valence-corrected chi connectivity index (χ4v) is 6.23. The lowest BCUT2D eigenvalue weighted by Gasteiger charge is -2.26. The number of esters is 2. The molecule has 0 amide bonds. The van der Waals surface area contributed by atoms with Gasteiger partial charge in [0.05, 0.1) is 40.3 Å². The van der Waals surface area contributed by atoms with Gasteiger partial charge in [0.1, 0.15) is 13.2 Å². The van der Waals surface area contributed by atoms with Gasteiger partial charge in [0, 0.05) is 12.8 Å². The van der Waals surface area contributed by atoms with Crippen LogP contribution in [0.2, 0.25) is 0 Å². The second-order valence-corrected chi connectivity index (χ2v) is 17.7. The molecule has 0 fully saturated rings. The lowest BCUT2D eigenvalue weighted by molar-refractivity contribution is -0.870. The van der Waals surface area contributed by atoms with Crippen LogP contribution in [0, 0.1) is 0 Å². The minimum atomic E-state index is -1.65. The van der Waals surface area contributed by atoms with Crippen molar-refractivity contribution in [2.24, 2.45) is 0 Å². The van der Waals surface area contributed by atoms with Crippen LogP contribution >= 0.6 is 0 Å². The van der Waals surface area contributed by atoms with E-state index in [0.717, 1.165) is 89.9 Å². The van der Waals surface area contributed by atoms with Crippen LogP contribution in [0.1, 0.15) is 168 Å². The van der Waals surface area contributed by atoms with E-state index in [1.807, 2.05) is 27.2 Å². The number of aliphatic carboxylic acids is 1. The Labute approximate surface area is 408 Å². The standard InChI is InChI=1S/C58H93NO8/c1-6-8-10-12-14-16-18-20-21-22-23-24-25-26-27-28-29-30-31-32-33-34-35-37-39-41-43-45-47-49-56(61)67-54(53-66-58(57(62)63)64-51-50-59(3,4)5)52-65-55(60)48-46-44-42-40-38-36-19-17-15-13-11-9-7-2/h8,10,14,16-17,19-21,23-24,26-27,29-30,32-33,35,37,41,43,54,58H,6-7,9,11-13,15,18,22,25,28,31,34,36,38-40,42,44-53H2,1-5H3/b10-8-,16-14-,19-17-,21-20-,24-23-,27-26-,30-29-,33-32-,37-35-,43-41-. The smallest absolute Gasteiger partial charge is 0.306 e. The number of likely N-dealkylation sites (N-methyl/N-ethyl adjacent to an activating group) is 1. The molecule has 0 aromatic heterocycles. The minimum absolute atomic E-state index is 0.128. The van der Waals surface area contributed by atoms with Crippen LogP contribution in [0.25, 0.3) is 0 Å². The number of unbranched alkanes of at least 4 members (excludes halogenated alkanes) is 10. The number of hydrogen-bond donors (Lipinski definition) is 0. The van der Waals surface area contributed by atoms with Gasteiger partial charge in [0.25, 0.3) is 0 Å². The van der Waals surface area contributed by atoms with Crippen molar-refractivity contribution in [2.75, 3.05) is 47.5 Å². The summed E-state index contributed by atoms with van der Waals surface area (Å²) in [6.07, 6.45) is 63.9. The quantitative estimate of drug-likeness (QED) is 0.0195. The highest BCUT2D eigenvalue weighted by Crippen LogP contribution is 2.11. The maximum atomic E-state index is 12.8. The van der Waals surface area contributed by atoms with Crippen molar-refractivity contribution in [2.45, 2.75) is 180 Å². The number of carbonyl (C=O) groups excluding carboxylic acids is 3. The summed E-state index contributed by atoms with van der Waals surface area (Å²) in [5, 5.41) is 11.7. The predicted molar refractivity (Wildman–Crippen MR) is 278 cm³/mol. The molecule has 378 valence electrons. The van der Waals surface area contributed by atoms with Gasteiger partial charge >= 0.3 is 11.9 Å². The summed E-state index contributed by atoms with van der Waals surface area (Å²) in [6.45, 7) is 4.50. The molecule has 0 aliphatic carbocycles. The van der Waals surface area contributed by atoms with Crippen LogP contribution in [-0.4, -0.2) is 82.3 Å². The second kappa shape index (κ2) is 48.2. The van der Waals surface area contributed by atoms with Crippen molar-refractivity contribution in [1.29, 1.82) is 0 Å². The Morgan fingerprint density at radius 1 is 0.463 bits per heavy atom. The summed E-state index contributed by atoms with van der Waals surface area (Å²) in [5.41, 5.74) is 0. The number of quaternary nitrogens is 1. The van der Waals surface area contributed by atoms with Crippen LogP contribution in [0.5, 0.6) is 0 Å².